The highest BCUT2D eigenvalue weighted by atomic mass is 32.2. The van der Waals surface area contributed by atoms with Gasteiger partial charge in [-0.3, -0.25) is 24.0 Å². The van der Waals surface area contributed by atoms with Crippen molar-refractivity contribution < 1.29 is 27.7 Å². The molecule has 0 aliphatic heterocycles. The number of sulfonamides is 1. The van der Waals surface area contributed by atoms with Gasteiger partial charge in [0.2, 0.25) is 11.8 Å². The van der Waals surface area contributed by atoms with Crippen LogP contribution >= 0.6 is 0 Å². The Morgan fingerprint density at radius 3 is 2.17 bits per heavy atom. The molecule has 3 aromatic carbocycles. The van der Waals surface area contributed by atoms with Gasteiger partial charge in [-0.25, -0.2) is 8.42 Å². The maximum absolute atomic E-state index is 13.8. The Kier molecular flexibility index (Phi) is 10.2. The Bertz CT molecular complexity index is 1410. The van der Waals surface area contributed by atoms with Crippen molar-refractivity contribution in [3.05, 3.63) is 94.5 Å². The van der Waals surface area contributed by atoms with Crippen molar-refractivity contribution in [2.45, 2.75) is 37.8 Å². The number of anilines is 1. The normalized spacial score (nSPS) is 11.8. The van der Waals surface area contributed by atoms with E-state index >= 15 is 0 Å². The zero-order chi connectivity index (χ0) is 29.3. The van der Waals surface area contributed by atoms with E-state index in [1.54, 1.807) is 49.4 Å². The molecule has 2 amide bonds. The number of hydrogen-bond donors (Lipinski definition) is 1. The summed E-state index contributed by atoms with van der Waals surface area (Å²) >= 11 is 0. The number of hydrogen-bond acceptors (Lipinski definition) is 7. The number of amides is 2. The molecule has 0 aliphatic rings. The fourth-order valence-corrected chi connectivity index (χ4v) is 5.33. The minimum absolute atomic E-state index is 0.0308. The minimum atomic E-state index is -4.26. The van der Waals surface area contributed by atoms with Crippen LogP contribution in [0.15, 0.2) is 83.8 Å². The lowest BCUT2D eigenvalue weighted by Crippen LogP contribution is -2.51. The summed E-state index contributed by atoms with van der Waals surface area (Å²) in [7, 11) is -2.73. The van der Waals surface area contributed by atoms with Crippen LogP contribution in [0, 0.1) is 10.1 Å². The van der Waals surface area contributed by atoms with E-state index in [9.17, 15) is 28.1 Å². The molecule has 0 aromatic heterocycles. The minimum Gasteiger partial charge on any atom is -0.497 e. The Balaban J connectivity index is 2.01. The second kappa shape index (κ2) is 13.6. The molecule has 0 bridgehead atoms. The first kappa shape index (κ1) is 30.1. The Hall–Kier alpha value is -4.45. The van der Waals surface area contributed by atoms with Crippen molar-refractivity contribution in [3.63, 3.8) is 0 Å². The maximum atomic E-state index is 13.8. The molecule has 0 fully saturated rings. The number of nitrogens with one attached hydrogen (secondary N) is 1. The molecular weight excluding hydrogens is 536 g/mol. The van der Waals surface area contributed by atoms with E-state index in [1.165, 1.54) is 48.4 Å². The molecule has 212 valence electrons. The van der Waals surface area contributed by atoms with E-state index in [0.29, 0.717) is 24.3 Å². The van der Waals surface area contributed by atoms with Crippen molar-refractivity contribution in [2.24, 2.45) is 0 Å². The lowest BCUT2D eigenvalue weighted by Gasteiger charge is -2.32. The van der Waals surface area contributed by atoms with Crippen molar-refractivity contribution in [1.29, 1.82) is 0 Å². The third-order valence-electron chi connectivity index (χ3n) is 6.19. The third-order valence-corrected chi connectivity index (χ3v) is 7.98. The highest BCUT2D eigenvalue weighted by Crippen LogP contribution is 2.26. The first-order chi connectivity index (χ1) is 19.1. The number of non-ortho nitro benzene ring substituents is 1. The Labute approximate surface area is 233 Å². The van der Waals surface area contributed by atoms with Crippen LogP contribution in [0.5, 0.6) is 5.75 Å². The van der Waals surface area contributed by atoms with E-state index in [0.717, 1.165) is 4.31 Å². The predicted octanol–water partition coefficient (Wildman–Crippen LogP) is 3.74. The van der Waals surface area contributed by atoms with Gasteiger partial charge >= 0.3 is 0 Å². The van der Waals surface area contributed by atoms with E-state index in [1.807, 2.05) is 6.92 Å². The number of benzene rings is 3. The van der Waals surface area contributed by atoms with Gasteiger partial charge in [-0.1, -0.05) is 37.3 Å². The largest absolute Gasteiger partial charge is 0.497 e. The highest BCUT2D eigenvalue weighted by molar-refractivity contribution is 7.92. The van der Waals surface area contributed by atoms with Gasteiger partial charge in [-0.05, 0) is 55.3 Å². The van der Waals surface area contributed by atoms with Crippen LogP contribution in [0.2, 0.25) is 0 Å². The summed E-state index contributed by atoms with van der Waals surface area (Å²) < 4.78 is 33.5. The molecule has 12 heteroatoms. The van der Waals surface area contributed by atoms with Gasteiger partial charge in [0.05, 0.1) is 22.6 Å². The van der Waals surface area contributed by atoms with E-state index in [-0.39, 0.29) is 28.7 Å². The van der Waals surface area contributed by atoms with Gasteiger partial charge < -0.3 is 15.0 Å². The second-order valence-electron chi connectivity index (χ2n) is 8.93. The van der Waals surface area contributed by atoms with Crippen LogP contribution < -0.4 is 14.4 Å². The number of nitro benzene ring substituents is 1. The average molecular weight is 569 g/mol. The molecule has 0 saturated carbocycles. The first-order valence-corrected chi connectivity index (χ1v) is 14.0. The molecule has 3 aromatic rings. The zero-order valence-electron chi connectivity index (χ0n) is 22.5. The average Bonchev–Trinajstić information content (AvgIpc) is 2.97. The third kappa shape index (κ3) is 7.35. The van der Waals surface area contributed by atoms with Gasteiger partial charge in [0.25, 0.3) is 15.7 Å². The number of ether oxygens (including phenoxy) is 1. The van der Waals surface area contributed by atoms with Crippen LogP contribution in [-0.4, -0.2) is 56.3 Å². The maximum Gasteiger partial charge on any atom is 0.269 e. The summed E-state index contributed by atoms with van der Waals surface area (Å²) in [5, 5.41) is 13.9. The number of nitrogens with zero attached hydrogens (tertiary/aromatic N) is 3. The van der Waals surface area contributed by atoms with E-state index in [2.05, 4.69) is 5.32 Å². The van der Waals surface area contributed by atoms with E-state index < -0.39 is 33.4 Å². The molecular formula is C28H32N4O7S. The molecule has 11 nitrogen and oxygen atoms in total. The van der Waals surface area contributed by atoms with Gasteiger partial charge in [-0.15, -0.1) is 0 Å². The lowest BCUT2D eigenvalue weighted by atomic mass is 10.1. The van der Waals surface area contributed by atoms with Gasteiger partial charge in [-0.2, -0.15) is 0 Å². The molecule has 0 heterocycles. The quantitative estimate of drug-likeness (QED) is 0.245. The van der Waals surface area contributed by atoms with Crippen molar-refractivity contribution >= 4 is 33.2 Å². The number of nitro groups is 1. The number of carbonyl (C=O) groups is 2. The second-order valence-corrected chi connectivity index (χ2v) is 10.8. The molecule has 0 radical (unpaired) electrons. The smallest absolute Gasteiger partial charge is 0.269 e. The topological polar surface area (TPSA) is 139 Å². The van der Waals surface area contributed by atoms with Crippen LogP contribution in [0.3, 0.4) is 0 Å². The first-order valence-electron chi connectivity index (χ1n) is 12.6. The zero-order valence-corrected chi connectivity index (χ0v) is 23.3. The molecule has 40 heavy (non-hydrogen) atoms. The van der Waals surface area contributed by atoms with Crippen LogP contribution in [0.4, 0.5) is 11.4 Å². The van der Waals surface area contributed by atoms with Gasteiger partial charge in [0.15, 0.2) is 0 Å². The van der Waals surface area contributed by atoms with Crippen molar-refractivity contribution in [2.75, 3.05) is 24.5 Å². The fourth-order valence-electron chi connectivity index (χ4n) is 3.90. The molecule has 3 rings (SSSR count). The summed E-state index contributed by atoms with van der Waals surface area (Å²) in [5.74, 6) is -0.391. The lowest BCUT2D eigenvalue weighted by molar-refractivity contribution is -0.384. The molecule has 0 spiro atoms. The molecule has 1 atom stereocenters. The highest BCUT2D eigenvalue weighted by Gasteiger charge is 2.32. The number of carbonyl (C=O) groups excluding carboxylic acids is 2. The summed E-state index contributed by atoms with van der Waals surface area (Å²) in [6.45, 7) is 3.29. The fraction of sp³-hybridized carbons (Fsp3) is 0.286. The van der Waals surface area contributed by atoms with Gasteiger partial charge in [0.1, 0.15) is 18.3 Å². The molecule has 0 aliphatic carbocycles. The van der Waals surface area contributed by atoms with Crippen LogP contribution in [0.25, 0.3) is 0 Å². The Morgan fingerprint density at radius 2 is 1.62 bits per heavy atom. The summed E-state index contributed by atoms with van der Waals surface area (Å²) in [4.78, 5) is 38.5. The molecule has 0 saturated heterocycles. The van der Waals surface area contributed by atoms with E-state index in [4.69, 9.17) is 4.74 Å². The SMILES string of the molecule is CCCNC(=O)[C@@H](C)N(Cc1ccc(OC)cc1)C(=O)CN(c1ccc([N+](=O)[O-])cc1)S(=O)(=O)c1ccccc1. The number of methoxy groups -OCH3 is 1. The Morgan fingerprint density at radius 1 is 1.00 bits per heavy atom. The van der Waals surface area contributed by atoms with Crippen LogP contribution in [0.1, 0.15) is 25.8 Å². The predicted molar refractivity (Wildman–Crippen MR) is 150 cm³/mol. The van der Waals surface area contributed by atoms with Crippen molar-refractivity contribution in [1.82, 2.24) is 10.2 Å². The van der Waals surface area contributed by atoms with Crippen LogP contribution in [-0.2, 0) is 26.2 Å². The standard InChI is InChI=1S/C28H32N4O7S/c1-4-18-29-28(34)21(2)30(19-22-10-16-25(39-3)17-11-22)27(33)20-31(23-12-14-24(15-13-23)32(35)36)40(37,38)26-8-6-5-7-9-26/h5-17,21H,4,18-20H2,1-3H3,(H,29,34)/t21-/m1/s1. The summed E-state index contributed by atoms with van der Waals surface area (Å²) in [6, 6.07) is 18.5. The number of rotatable bonds is 13. The summed E-state index contributed by atoms with van der Waals surface area (Å²) in [6.07, 6.45) is 0.703. The molecule has 0 unspecified atom stereocenters. The monoisotopic (exact) mass is 568 g/mol. The van der Waals surface area contributed by atoms with Crippen molar-refractivity contribution in [3.8, 4) is 5.75 Å². The molecule has 1 N–H and O–H groups in total. The summed E-state index contributed by atoms with van der Waals surface area (Å²) in [5.41, 5.74) is 0.543. The van der Waals surface area contributed by atoms with Gasteiger partial charge in [0, 0.05) is 25.2 Å².